The van der Waals surface area contributed by atoms with Crippen LogP contribution in [0.2, 0.25) is 0 Å². The molecule has 0 unspecified atom stereocenters. The van der Waals surface area contributed by atoms with Crippen LogP contribution in [0.15, 0.2) is 36.5 Å². The van der Waals surface area contributed by atoms with Crippen LogP contribution in [0.25, 0.3) is 22.0 Å². The predicted octanol–water partition coefficient (Wildman–Crippen LogP) is 1.83. The number of morpholine rings is 1. The molecular weight excluding hydrogens is 349 g/mol. The number of aromatic nitrogens is 3. The first-order valence-electron chi connectivity index (χ1n) is 8.90. The minimum Gasteiger partial charge on any atom is -0.379 e. The van der Waals surface area contributed by atoms with Crippen molar-refractivity contribution in [2.45, 2.75) is 0 Å². The fourth-order valence-corrected chi connectivity index (χ4v) is 3.19. The first-order chi connectivity index (χ1) is 13.2. The molecule has 1 saturated heterocycles. The van der Waals surface area contributed by atoms with Gasteiger partial charge >= 0.3 is 0 Å². The zero-order chi connectivity index (χ0) is 18.6. The molecule has 0 saturated carbocycles. The third kappa shape index (κ3) is 3.81. The van der Waals surface area contributed by atoms with E-state index in [1.165, 1.54) is 6.20 Å². The standard InChI is InChI=1S/C19H20FN5O2/c20-18-14(2-1-5-21-18)13-3-4-16-15(12-13)17(24-23-16)19(26)22-6-7-25-8-10-27-11-9-25/h1-5,12H,6-11H2,(H,22,26)(H,23,24). The van der Waals surface area contributed by atoms with Gasteiger partial charge < -0.3 is 10.1 Å². The average Bonchev–Trinajstić information content (AvgIpc) is 3.12. The summed E-state index contributed by atoms with van der Waals surface area (Å²) in [5.74, 6) is -0.796. The van der Waals surface area contributed by atoms with Crippen molar-refractivity contribution in [3.8, 4) is 11.1 Å². The first-order valence-corrected chi connectivity index (χ1v) is 8.90. The second-order valence-corrected chi connectivity index (χ2v) is 6.38. The quantitative estimate of drug-likeness (QED) is 0.671. The number of carbonyl (C=O) groups excluding carboxylic acids is 1. The van der Waals surface area contributed by atoms with Gasteiger partial charge in [0.05, 0.1) is 18.7 Å². The van der Waals surface area contributed by atoms with Gasteiger partial charge in [-0.2, -0.15) is 9.49 Å². The van der Waals surface area contributed by atoms with Crippen molar-refractivity contribution < 1.29 is 13.9 Å². The Bertz CT molecular complexity index is 952. The molecule has 1 aromatic carbocycles. The highest BCUT2D eigenvalue weighted by Crippen LogP contribution is 2.26. The number of nitrogens with one attached hydrogen (secondary N) is 2. The molecule has 1 aliphatic heterocycles. The number of pyridine rings is 1. The lowest BCUT2D eigenvalue weighted by atomic mass is 10.0. The largest absolute Gasteiger partial charge is 0.379 e. The number of carbonyl (C=O) groups is 1. The fourth-order valence-electron chi connectivity index (χ4n) is 3.19. The number of nitrogens with zero attached hydrogens (tertiary/aromatic N) is 3. The van der Waals surface area contributed by atoms with E-state index < -0.39 is 5.95 Å². The Kier molecular flexibility index (Phi) is 5.08. The van der Waals surface area contributed by atoms with Crippen LogP contribution in [0.4, 0.5) is 4.39 Å². The van der Waals surface area contributed by atoms with Crippen molar-refractivity contribution in [3.05, 3.63) is 48.2 Å². The van der Waals surface area contributed by atoms with Gasteiger partial charge in [0.25, 0.3) is 5.91 Å². The zero-order valence-corrected chi connectivity index (χ0v) is 14.7. The topological polar surface area (TPSA) is 83.1 Å². The molecule has 1 aliphatic rings. The van der Waals surface area contributed by atoms with Crippen molar-refractivity contribution >= 4 is 16.8 Å². The molecule has 3 heterocycles. The van der Waals surface area contributed by atoms with Gasteiger partial charge in [-0.05, 0) is 29.8 Å². The number of fused-ring (bicyclic) bond motifs is 1. The van der Waals surface area contributed by atoms with Crippen LogP contribution in [0.1, 0.15) is 10.5 Å². The van der Waals surface area contributed by atoms with Gasteiger partial charge in [-0.3, -0.25) is 14.8 Å². The van der Waals surface area contributed by atoms with Crippen LogP contribution in [-0.2, 0) is 4.74 Å². The molecule has 1 fully saturated rings. The number of hydrogen-bond acceptors (Lipinski definition) is 5. The Balaban J connectivity index is 1.50. The van der Waals surface area contributed by atoms with Gasteiger partial charge in [-0.25, -0.2) is 4.98 Å². The van der Waals surface area contributed by atoms with E-state index in [-0.39, 0.29) is 5.91 Å². The normalized spacial score (nSPS) is 15.1. The molecule has 4 rings (SSSR count). The molecule has 3 aromatic rings. The molecule has 140 valence electrons. The second kappa shape index (κ2) is 7.81. The van der Waals surface area contributed by atoms with Crippen LogP contribution in [0, 0.1) is 5.95 Å². The molecule has 0 spiro atoms. The molecule has 7 nitrogen and oxygen atoms in total. The Labute approximate surface area is 155 Å². The molecule has 0 radical (unpaired) electrons. The van der Waals surface area contributed by atoms with Crippen LogP contribution in [-0.4, -0.2) is 65.4 Å². The zero-order valence-electron chi connectivity index (χ0n) is 14.7. The van der Waals surface area contributed by atoms with E-state index in [1.54, 1.807) is 30.3 Å². The SMILES string of the molecule is O=C(NCCN1CCOCC1)c1n[nH]c2ccc(-c3cccnc3F)cc12. The van der Waals surface area contributed by atoms with E-state index in [9.17, 15) is 9.18 Å². The van der Waals surface area contributed by atoms with E-state index >= 15 is 0 Å². The molecule has 8 heteroatoms. The number of rotatable bonds is 5. The molecule has 2 aromatic heterocycles. The fraction of sp³-hybridized carbons (Fsp3) is 0.316. The summed E-state index contributed by atoms with van der Waals surface area (Å²) in [6.45, 7) is 4.51. The maximum Gasteiger partial charge on any atom is 0.272 e. The van der Waals surface area contributed by atoms with E-state index in [4.69, 9.17) is 4.74 Å². The van der Waals surface area contributed by atoms with Gasteiger partial charge in [-0.15, -0.1) is 0 Å². The van der Waals surface area contributed by atoms with Crippen LogP contribution in [0.5, 0.6) is 0 Å². The van der Waals surface area contributed by atoms with Crippen molar-refractivity contribution in [3.63, 3.8) is 0 Å². The minimum atomic E-state index is -0.545. The van der Waals surface area contributed by atoms with E-state index in [1.807, 2.05) is 0 Å². The highest BCUT2D eigenvalue weighted by molar-refractivity contribution is 6.05. The van der Waals surface area contributed by atoms with Crippen LogP contribution >= 0.6 is 0 Å². The van der Waals surface area contributed by atoms with Crippen molar-refractivity contribution in [2.24, 2.45) is 0 Å². The summed E-state index contributed by atoms with van der Waals surface area (Å²) >= 11 is 0. The third-order valence-corrected chi connectivity index (χ3v) is 4.67. The van der Waals surface area contributed by atoms with Crippen LogP contribution < -0.4 is 5.32 Å². The number of H-pyrrole nitrogens is 1. The van der Waals surface area contributed by atoms with Gasteiger partial charge in [-0.1, -0.05) is 6.07 Å². The summed E-state index contributed by atoms with van der Waals surface area (Å²) in [5.41, 5.74) is 2.07. The molecular formula is C19H20FN5O2. The Morgan fingerprint density at radius 1 is 1.30 bits per heavy atom. The number of halogens is 1. The number of amides is 1. The molecule has 27 heavy (non-hydrogen) atoms. The van der Waals surface area contributed by atoms with Gasteiger partial charge in [0.1, 0.15) is 0 Å². The Morgan fingerprint density at radius 2 is 2.15 bits per heavy atom. The average molecular weight is 369 g/mol. The second-order valence-electron chi connectivity index (χ2n) is 6.38. The number of benzene rings is 1. The predicted molar refractivity (Wildman–Crippen MR) is 98.9 cm³/mol. The lowest BCUT2D eigenvalue weighted by Crippen LogP contribution is -2.41. The highest BCUT2D eigenvalue weighted by atomic mass is 19.1. The molecule has 0 bridgehead atoms. The van der Waals surface area contributed by atoms with E-state index in [2.05, 4.69) is 25.4 Å². The first kappa shape index (κ1) is 17.6. The lowest BCUT2D eigenvalue weighted by Gasteiger charge is -2.26. The molecule has 0 aliphatic carbocycles. The van der Waals surface area contributed by atoms with Crippen molar-refractivity contribution in [1.82, 2.24) is 25.4 Å². The maximum absolute atomic E-state index is 14.0. The summed E-state index contributed by atoms with van der Waals surface area (Å²) in [6.07, 6.45) is 1.41. The lowest BCUT2D eigenvalue weighted by molar-refractivity contribution is 0.0383. The van der Waals surface area contributed by atoms with Gasteiger partial charge in [0, 0.05) is 43.3 Å². The highest BCUT2D eigenvalue weighted by Gasteiger charge is 2.16. The van der Waals surface area contributed by atoms with E-state index in [0.717, 1.165) is 38.4 Å². The van der Waals surface area contributed by atoms with Crippen LogP contribution in [0.3, 0.4) is 0 Å². The minimum absolute atomic E-state index is 0.252. The van der Waals surface area contributed by atoms with E-state index in [0.29, 0.717) is 28.8 Å². The smallest absolute Gasteiger partial charge is 0.272 e. The van der Waals surface area contributed by atoms with Gasteiger partial charge in [0.15, 0.2) is 5.69 Å². The molecule has 0 atom stereocenters. The molecule has 1 amide bonds. The summed E-state index contributed by atoms with van der Waals surface area (Å²) in [7, 11) is 0. The Hall–Kier alpha value is -2.84. The number of aromatic amines is 1. The van der Waals surface area contributed by atoms with Crippen molar-refractivity contribution in [2.75, 3.05) is 39.4 Å². The van der Waals surface area contributed by atoms with Gasteiger partial charge in [0.2, 0.25) is 5.95 Å². The summed E-state index contributed by atoms with van der Waals surface area (Å²) < 4.78 is 19.3. The number of ether oxygens (including phenoxy) is 1. The van der Waals surface area contributed by atoms with Crippen molar-refractivity contribution in [1.29, 1.82) is 0 Å². The number of hydrogen-bond donors (Lipinski definition) is 2. The maximum atomic E-state index is 14.0. The summed E-state index contributed by atoms with van der Waals surface area (Å²) in [4.78, 5) is 18.5. The summed E-state index contributed by atoms with van der Waals surface area (Å²) in [6, 6.07) is 8.66. The Morgan fingerprint density at radius 3 is 2.96 bits per heavy atom. The summed E-state index contributed by atoms with van der Waals surface area (Å²) in [5, 5.41) is 10.6. The monoisotopic (exact) mass is 369 g/mol. The third-order valence-electron chi connectivity index (χ3n) is 4.67. The molecule has 2 N–H and O–H groups in total.